The van der Waals surface area contributed by atoms with Crippen molar-refractivity contribution in [2.24, 2.45) is 9.98 Å². The normalized spacial score (nSPS) is 15.6. The number of aliphatic imine (C=N–C) groups is 2. The van der Waals surface area contributed by atoms with Crippen LogP contribution < -0.4 is 0 Å². The molecule has 0 spiro atoms. The van der Waals surface area contributed by atoms with Gasteiger partial charge in [-0.1, -0.05) is 71.8 Å². The summed E-state index contributed by atoms with van der Waals surface area (Å²) in [4.78, 5) is 10.0. The van der Waals surface area contributed by atoms with Crippen molar-refractivity contribution in [2.45, 2.75) is 13.8 Å². The fraction of sp³-hybridized carbons (Fsp3) is 0.0769. The van der Waals surface area contributed by atoms with E-state index in [4.69, 9.17) is 9.98 Å². The van der Waals surface area contributed by atoms with Crippen molar-refractivity contribution in [2.75, 3.05) is 0 Å². The molecule has 0 bridgehead atoms. The summed E-state index contributed by atoms with van der Waals surface area (Å²) < 4.78 is 0. The van der Waals surface area contributed by atoms with Crippen LogP contribution in [0.15, 0.2) is 94.9 Å². The number of rotatable bonds is 2. The summed E-state index contributed by atoms with van der Waals surface area (Å²) in [5.41, 5.74) is 8.54. The van der Waals surface area contributed by atoms with Gasteiger partial charge in [-0.25, -0.2) is 9.98 Å². The van der Waals surface area contributed by atoms with Crippen molar-refractivity contribution in [3.63, 3.8) is 0 Å². The van der Waals surface area contributed by atoms with Crippen LogP contribution in [0.5, 0.6) is 0 Å². The SMILES string of the molecule is Cc1ccc(/N=C2/C(=N/c3ccc(C)cc3)c3cccc4cccc2c34)cc1. The molecule has 4 aromatic carbocycles. The molecule has 134 valence electrons. The average molecular weight is 360 g/mol. The third kappa shape index (κ3) is 2.84. The number of hydrogen-bond acceptors (Lipinski definition) is 2. The smallest absolute Gasteiger partial charge is 0.0978 e. The Balaban J connectivity index is 1.76. The van der Waals surface area contributed by atoms with Crippen LogP contribution in [0, 0.1) is 13.8 Å². The monoisotopic (exact) mass is 360 g/mol. The first-order valence-corrected chi connectivity index (χ1v) is 9.53. The molecular weight excluding hydrogens is 340 g/mol. The van der Waals surface area contributed by atoms with Gasteiger partial charge in [-0.3, -0.25) is 0 Å². The van der Waals surface area contributed by atoms with E-state index in [2.05, 4.69) is 98.8 Å². The van der Waals surface area contributed by atoms with Gasteiger partial charge in [0.1, 0.15) is 0 Å². The Morgan fingerprint density at radius 3 is 1.36 bits per heavy atom. The molecule has 0 amide bonds. The van der Waals surface area contributed by atoms with Crippen LogP contribution in [-0.4, -0.2) is 11.4 Å². The summed E-state index contributed by atoms with van der Waals surface area (Å²) >= 11 is 0. The Labute approximate surface area is 164 Å². The molecule has 0 heterocycles. The van der Waals surface area contributed by atoms with Crippen LogP contribution in [0.2, 0.25) is 0 Å². The molecule has 0 unspecified atom stereocenters. The van der Waals surface area contributed by atoms with Crippen molar-refractivity contribution in [1.82, 2.24) is 0 Å². The Morgan fingerprint density at radius 2 is 0.929 bits per heavy atom. The largest absolute Gasteiger partial charge is 0.246 e. The van der Waals surface area contributed by atoms with Gasteiger partial charge < -0.3 is 0 Å². The zero-order valence-electron chi connectivity index (χ0n) is 16.0. The highest BCUT2D eigenvalue weighted by molar-refractivity contribution is 6.61. The van der Waals surface area contributed by atoms with E-state index in [9.17, 15) is 0 Å². The Kier molecular flexibility index (Phi) is 3.91. The van der Waals surface area contributed by atoms with Crippen LogP contribution in [0.25, 0.3) is 10.8 Å². The highest BCUT2D eigenvalue weighted by Crippen LogP contribution is 2.34. The summed E-state index contributed by atoms with van der Waals surface area (Å²) in [5, 5.41) is 2.46. The summed E-state index contributed by atoms with van der Waals surface area (Å²) in [5.74, 6) is 0. The molecule has 4 aromatic rings. The minimum absolute atomic E-state index is 0.941. The third-order valence-corrected chi connectivity index (χ3v) is 5.19. The van der Waals surface area contributed by atoms with Gasteiger partial charge in [-0.2, -0.15) is 0 Å². The van der Waals surface area contributed by atoms with Crippen LogP contribution in [-0.2, 0) is 0 Å². The maximum absolute atomic E-state index is 5.02. The van der Waals surface area contributed by atoms with Crippen molar-refractivity contribution in [3.8, 4) is 0 Å². The molecule has 0 fully saturated rings. The van der Waals surface area contributed by atoms with E-state index >= 15 is 0 Å². The fourth-order valence-electron chi connectivity index (χ4n) is 3.71. The zero-order chi connectivity index (χ0) is 19.1. The summed E-state index contributed by atoms with van der Waals surface area (Å²) in [7, 11) is 0. The van der Waals surface area contributed by atoms with Gasteiger partial charge in [0.25, 0.3) is 0 Å². The van der Waals surface area contributed by atoms with E-state index in [0.717, 1.165) is 33.9 Å². The van der Waals surface area contributed by atoms with E-state index < -0.39 is 0 Å². The van der Waals surface area contributed by atoms with Crippen LogP contribution in [0.4, 0.5) is 11.4 Å². The zero-order valence-corrected chi connectivity index (χ0v) is 16.0. The molecule has 0 radical (unpaired) electrons. The summed E-state index contributed by atoms with van der Waals surface area (Å²) in [6.07, 6.45) is 0. The summed E-state index contributed by atoms with van der Waals surface area (Å²) in [6, 6.07) is 29.4. The molecule has 0 saturated carbocycles. The summed E-state index contributed by atoms with van der Waals surface area (Å²) in [6.45, 7) is 4.18. The topological polar surface area (TPSA) is 24.7 Å². The highest BCUT2D eigenvalue weighted by atomic mass is 14.8. The van der Waals surface area contributed by atoms with Crippen LogP contribution in [0.1, 0.15) is 22.3 Å². The Morgan fingerprint density at radius 1 is 0.500 bits per heavy atom. The standard InChI is InChI=1S/C26H20N2/c1-17-9-13-20(14-10-17)27-25-22-7-3-5-19-6-4-8-23(24(19)22)26(25)28-21-15-11-18(2)12-16-21/h3-16H,1-2H3/b27-25+,28-26+. The first-order valence-electron chi connectivity index (χ1n) is 9.53. The molecule has 2 heteroatoms. The predicted octanol–water partition coefficient (Wildman–Crippen LogP) is 6.71. The van der Waals surface area contributed by atoms with E-state index in [1.54, 1.807) is 0 Å². The molecule has 5 rings (SSSR count). The first kappa shape index (κ1) is 16.6. The van der Waals surface area contributed by atoms with Gasteiger partial charge in [-0.15, -0.1) is 0 Å². The molecule has 0 aromatic heterocycles. The van der Waals surface area contributed by atoms with Crippen molar-refractivity contribution in [1.29, 1.82) is 0 Å². The number of nitrogens with zero attached hydrogens (tertiary/aromatic N) is 2. The lowest BCUT2D eigenvalue weighted by Crippen LogP contribution is -2.10. The fourth-order valence-corrected chi connectivity index (χ4v) is 3.71. The second-order valence-corrected chi connectivity index (χ2v) is 7.30. The minimum atomic E-state index is 0.941. The number of aryl methyl sites for hydroxylation is 2. The lowest BCUT2D eigenvalue weighted by Gasteiger charge is -2.04. The van der Waals surface area contributed by atoms with Gasteiger partial charge in [-0.05, 0) is 43.5 Å². The van der Waals surface area contributed by atoms with Crippen LogP contribution in [0.3, 0.4) is 0 Å². The molecule has 28 heavy (non-hydrogen) atoms. The van der Waals surface area contributed by atoms with Crippen LogP contribution >= 0.6 is 0 Å². The van der Waals surface area contributed by atoms with Crippen molar-refractivity contribution < 1.29 is 0 Å². The first-order chi connectivity index (χ1) is 13.7. The van der Waals surface area contributed by atoms with Gasteiger partial charge >= 0.3 is 0 Å². The highest BCUT2D eigenvalue weighted by Gasteiger charge is 2.27. The maximum atomic E-state index is 5.02. The lowest BCUT2D eigenvalue weighted by molar-refractivity contribution is 1.43. The van der Waals surface area contributed by atoms with Gasteiger partial charge in [0.15, 0.2) is 0 Å². The lowest BCUT2D eigenvalue weighted by atomic mass is 10.1. The van der Waals surface area contributed by atoms with E-state index in [-0.39, 0.29) is 0 Å². The molecule has 0 atom stereocenters. The predicted molar refractivity (Wildman–Crippen MR) is 119 cm³/mol. The number of hydrogen-bond donors (Lipinski definition) is 0. The molecule has 0 saturated heterocycles. The Hall–Kier alpha value is -3.52. The van der Waals surface area contributed by atoms with Gasteiger partial charge in [0.2, 0.25) is 0 Å². The van der Waals surface area contributed by atoms with Gasteiger partial charge in [0.05, 0.1) is 22.8 Å². The molecule has 0 N–H and O–H groups in total. The second-order valence-electron chi connectivity index (χ2n) is 7.30. The molecular formula is C26H20N2. The average Bonchev–Trinajstić information content (AvgIpc) is 3.01. The van der Waals surface area contributed by atoms with E-state index in [0.29, 0.717) is 0 Å². The third-order valence-electron chi connectivity index (χ3n) is 5.19. The van der Waals surface area contributed by atoms with Crippen molar-refractivity contribution in [3.05, 3.63) is 107 Å². The quantitative estimate of drug-likeness (QED) is 0.379. The van der Waals surface area contributed by atoms with Crippen molar-refractivity contribution >= 4 is 33.6 Å². The van der Waals surface area contributed by atoms with E-state index in [1.807, 2.05) is 0 Å². The molecule has 2 nitrogen and oxygen atoms in total. The Bertz CT molecular complexity index is 1150. The molecule has 1 aliphatic rings. The van der Waals surface area contributed by atoms with Gasteiger partial charge in [0, 0.05) is 16.5 Å². The molecule has 0 aliphatic heterocycles. The van der Waals surface area contributed by atoms with E-state index in [1.165, 1.54) is 21.9 Å². The minimum Gasteiger partial charge on any atom is -0.246 e. The number of benzene rings is 4. The second kappa shape index (κ2) is 6.58. The maximum Gasteiger partial charge on any atom is 0.0978 e. The molecule has 1 aliphatic carbocycles.